The molecule has 0 spiro atoms. The third kappa shape index (κ3) is 5.58. The van der Waals surface area contributed by atoms with E-state index in [2.05, 4.69) is 15.9 Å². The third-order valence-corrected chi connectivity index (χ3v) is 6.29. The normalized spacial score (nSPS) is 15.0. The summed E-state index contributed by atoms with van der Waals surface area (Å²) < 4.78 is 6.80. The molecule has 0 radical (unpaired) electrons. The number of benzene rings is 3. The number of amides is 2. The highest BCUT2D eigenvalue weighted by atomic mass is 79.9. The van der Waals surface area contributed by atoms with E-state index >= 15 is 0 Å². The minimum Gasteiger partial charge on any atom is -0.489 e. The lowest BCUT2D eigenvalue weighted by molar-refractivity contribution is -0.123. The number of rotatable bonds is 6. The number of carbonyl (C=O) groups is 2. The van der Waals surface area contributed by atoms with Crippen LogP contribution in [0.2, 0.25) is 5.02 Å². The standard InChI is InChI=1S/C24H17BrClNO3S/c25-19-8-4-16(5-9-19)14-27-23(28)22(31-24(27)29)13-18-2-1-3-21(12-18)30-15-17-6-10-20(26)11-7-17/h1-13H,14-15H2/b22-13+. The van der Waals surface area contributed by atoms with Crippen LogP contribution in [-0.4, -0.2) is 16.0 Å². The molecule has 1 heterocycles. The lowest BCUT2D eigenvalue weighted by Gasteiger charge is -2.12. The topological polar surface area (TPSA) is 46.6 Å². The number of hydrogen-bond donors (Lipinski definition) is 0. The van der Waals surface area contributed by atoms with Crippen molar-refractivity contribution < 1.29 is 14.3 Å². The van der Waals surface area contributed by atoms with Crippen molar-refractivity contribution >= 4 is 56.5 Å². The molecule has 1 fully saturated rings. The van der Waals surface area contributed by atoms with E-state index in [1.54, 1.807) is 6.08 Å². The fourth-order valence-electron chi connectivity index (χ4n) is 3.00. The maximum absolute atomic E-state index is 12.8. The Labute approximate surface area is 198 Å². The van der Waals surface area contributed by atoms with Crippen molar-refractivity contribution in [2.45, 2.75) is 13.2 Å². The second-order valence-corrected chi connectivity index (χ2v) is 9.23. The van der Waals surface area contributed by atoms with Gasteiger partial charge in [-0.1, -0.05) is 63.9 Å². The van der Waals surface area contributed by atoms with Gasteiger partial charge in [-0.3, -0.25) is 14.5 Å². The van der Waals surface area contributed by atoms with Crippen molar-refractivity contribution in [1.29, 1.82) is 0 Å². The van der Waals surface area contributed by atoms with E-state index in [9.17, 15) is 9.59 Å². The van der Waals surface area contributed by atoms with Crippen LogP contribution in [0.4, 0.5) is 4.79 Å². The molecule has 1 aliphatic heterocycles. The van der Waals surface area contributed by atoms with E-state index < -0.39 is 0 Å². The minimum atomic E-state index is -0.287. The van der Waals surface area contributed by atoms with Gasteiger partial charge in [0.2, 0.25) is 0 Å². The molecule has 4 rings (SSSR count). The largest absolute Gasteiger partial charge is 0.489 e. The summed E-state index contributed by atoms with van der Waals surface area (Å²) in [6.07, 6.45) is 1.72. The SMILES string of the molecule is O=C1S/C(=C/c2cccc(OCc3ccc(Cl)cc3)c2)C(=O)N1Cc1ccc(Br)cc1. The molecule has 0 unspecified atom stereocenters. The highest BCUT2D eigenvalue weighted by Gasteiger charge is 2.34. The molecule has 0 aromatic heterocycles. The van der Waals surface area contributed by atoms with Gasteiger partial charge >= 0.3 is 0 Å². The van der Waals surface area contributed by atoms with Crippen LogP contribution in [0.3, 0.4) is 0 Å². The second-order valence-electron chi connectivity index (χ2n) is 6.88. The predicted octanol–water partition coefficient (Wildman–Crippen LogP) is 6.92. The summed E-state index contributed by atoms with van der Waals surface area (Å²) >= 11 is 10.2. The number of carbonyl (C=O) groups excluding carboxylic acids is 2. The number of halogens is 2. The smallest absolute Gasteiger partial charge is 0.293 e. The zero-order valence-corrected chi connectivity index (χ0v) is 19.4. The van der Waals surface area contributed by atoms with Crippen LogP contribution in [0.5, 0.6) is 5.75 Å². The Morgan fingerprint density at radius 1 is 0.968 bits per heavy atom. The van der Waals surface area contributed by atoms with Gasteiger partial charge in [0.25, 0.3) is 11.1 Å². The van der Waals surface area contributed by atoms with E-state index in [4.69, 9.17) is 16.3 Å². The maximum atomic E-state index is 12.8. The number of imide groups is 1. The predicted molar refractivity (Wildman–Crippen MR) is 128 cm³/mol. The lowest BCUT2D eigenvalue weighted by atomic mass is 10.2. The molecule has 1 aliphatic rings. The summed E-state index contributed by atoms with van der Waals surface area (Å²) in [5.41, 5.74) is 2.69. The van der Waals surface area contributed by atoms with Crippen LogP contribution in [0.1, 0.15) is 16.7 Å². The van der Waals surface area contributed by atoms with Crippen LogP contribution in [0.25, 0.3) is 6.08 Å². The summed E-state index contributed by atoms with van der Waals surface area (Å²) in [6, 6.07) is 22.4. The van der Waals surface area contributed by atoms with E-state index in [1.165, 1.54) is 4.90 Å². The first-order chi connectivity index (χ1) is 15.0. The van der Waals surface area contributed by atoms with Crippen LogP contribution in [-0.2, 0) is 17.9 Å². The molecule has 1 saturated heterocycles. The highest BCUT2D eigenvalue weighted by Crippen LogP contribution is 2.34. The zero-order chi connectivity index (χ0) is 21.8. The number of hydrogen-bond acceptors (Lipinski definition) is 4. The molecule has 3 aromatic rings. The molecule has 0 N–H and O–H groups in total. The number of ether oxygens (including phenoxy) is 1. The molecule has 3 aromatic carbocycles. The first-order valence-electron chi connectivity index (χ1n) is 9.45. The van der Waals surface area contributed by atoms with E-state index in [0.717, 1.165) is 32.9 Å². The first kappa shape index (κ1) is 21.7. The minimum absolute atomic E-state index is 0.250. The molecule has 31 heavy (non-hydrogen) atoms. The van der Waals surface area contributed by atoms with Gasteiger partial charge in [0, 0.05) is 9.50 Å². The van der Waals surface area contributed by atoms with Gasteiger partial charge in [-0.25, -0.2) is 0 Å². The van der Waals surface area contributed by atoms with Crippen molar-refractivity contribution in [3.63, 3.8) is 0 Å². The fraction of sp³-hybridized carbons (Fsp3) is 0.0833. The Hall–Kier alpha value is -2.54. The van der Waals surface area contributed by atoms with Crippen LogP contribution in [0, 0.1) is 0 Å². The Morgan fingerprint density at radius 3 is 2.42 bits per heavy atom. The van der Waals surface area contributed by atoms with Gasteiger partial charge in [0.15, 0.2) is 0 Å². The number of nitrogens with zero attached hydrogens (tertiary/aromatic N) is 1. The maximum Gasteiger partial charge on any atom is 0.293 e. The molecule has 0 bridgehead atoms. The fourth-order valence-corrected chi connectivity index (χ4v) is 4.23. The summed E-state index contributed by atoms with van der Waals surface area (Å²) in [7, 11) is 0. The van der Waals surface area contributed by atoms with Crippen LogP contribution in [0.15, 0.2) is 82.2 Å². The Morgan fingerprint density at radius 2 is 1.68 bits per heavy atom. The van der Waals surface area contributed by atoms with Crippen LogP contribution < -0.4 is 4.74 Å². The van der Waals surface area contributed by atoms with Crippen molar-refractivity contribution in [3.8, 4) is 5.75 Å². The molecule has 2 amide bonds. The summed E-state index contributed by atoms with van der Waals surface area (Å²) in [5.74, 6) is 0.392. The van der Waals surface area contributed by atoms with E-state index in [1.807, 2.05) is 72.8 Å². The average Bonchev–Trinajstić information content (AvgIpc) is 3.02. The van der Waals surface area contributed by atoms with Crippen molar-refractivity contribution in [3.05, 3.63) is 104 Å². The van der Waals surface area contributed by atoms with Crippen molar-refractivity contribution in [1.82, 2.24) is 4.90 Å². The molecule has 7 heteroatoms. The second kappa shape index (κ2) is 9.73. The van der Waals surface area contributed by atoms with Gasteiger partial charge in [-0.2, -0.15) is 0 Å². The van der Waals surface area contributed by atoms with Gasteiger partial charge < -0.3 is 4.74 Å². The summed E-state index contributed by atoms with van der Waals surface area (Å²) in [5, 5.41) is 0.411. The lowest BCUT2D eigenvalue weighted by Crippen LogP contribution is -2.27. The molecule has 0 atom stereocenters. The highest BCUT2D eigenvalue weighted by molar-refractivity contribution is 9.10. The first-order valence-corrected chi connectivity index (χ1v) is 11.4. The van der Waals surface area contributed by atoms with E-state index in [-0.39, 0.29) is 17.7 Å². The number of thioether (sulfide) groups is 1. The molecule has 156 valence electrons. The monoisotopic (exact) mass is 513 g/mol. The molecular weight excluding hydrogens is 498 g/mol. The van der Waals surface area contributed by atoms with Gasteiger partial charge in [0.05, 0.1) is 11.4 Å². The Kier molecular flexibility index (Phi) is 6.80. The van der Waals surface area contributed by atoms with Gasteiger partial charge in [0.1, 0.15) is 12.4 Å². The van der Waals surface area contributed by atoms with Crippen LogP contribution >= 0.6 is 39.3 Å². The molecule has 0 saturated carbocycles. The van der Waals surface area contributed by atoms with E-state index in [0.29, 0.717) is 22.3 Å². The van der Waals surface area contributed by atoms with Gasteiger partial charge in [-0.05, 0) is 70.9 Å². The summed E-state index contributed by atoms with van der Waals surface area (Å²) in [4.78, 5) is 26.8. The van der Waals surface area contributed by atoms with Crippen molar-refractivity contribution in [2.75, 3.05) is 0 Å². The third-order valence-electron chi connectivity index (χ3n) is 4.60. The van der Waals surface area contributed by atoms with Crippen molar-refractivity contribution in [2.24, 2.45) is 0 Å². The molecule has 0 aliphatic carbocycles. The quantitative estimate of drug-likeness (QED) is 0.335. The molecule has 4 nitrogen and oxygen atoms in total. The zero-order valence-electron chi connectivity index (χ0n) is 16.3. The Balaban J connectivity index is 1.44. The van der Waals surface area contributed by atoms with Gasteiger partial charge in [-0.15, -0.1) is 0 Å². The Bertz CT molecular complexity index is 1150. The summed E-state index contributed by atoms with van der Waals surface area (Å²) in [6.45, 7) is 0.657. The average molecular weight is 515 g/mol. The molecular formula is C24H17BrClNO3S.